The molecule has 0 saturated carbocycles. The van der Waals surface area contributed by atoms with Crippen molar-refractivity contribution in [1.29, 1.82) is 0 Å². The molecule has 2 aromatic heterocycles. The van der Waals surface area contributed by atoms with Crippen LogP contribution in [-0.2, 0) is 6.54 Å². The Morgan fingerprint density at radius 2 is 1.75 bits per heavy atom. The molecule has 0 spiro atoms. The molecule has 0 aliphatic carbocycles. The first-order chi connectivity index (χ1) is 11.6. The molecule has 6 heteroatoms. The van der Waals surface area contributed by atoms with Crippen LogP contribution in [-0.4, -0.2) is 15.9 Å². The first-order valence-corrected chi connectivity index (χ1v) is 7.22. The van der Waals surface area contributed by atoms with E-state index in [9.17, 15) is 13.6 Å². The summed E-state index contributed by atoms with van der Waals surface area (Å²) in [4.78, 5) is 20.3. The van der Waals surface area contributed by atoms with Gasteiger partial charge in [-0.25, -0.2) is 8.78 Å². The molecular formula is C18H13F2N3O. The van der Waals surface area contributed by atoms with Gasteiger partial charge in [-0.2, -0.15) is 0 Å². The third-order valence-corrected chi connectivity index (χ3v) is 3.44. The van der Waals surface area contributed by atoms with Crippen molar-refractivity contribution >= 4 is 5.91 Å². The molecule has 120 valence electrons. The fourth-order valence-corrected chi connectivity index (χ4v) is 2.19. The van der Waals surface area contributed by atoms with Crippen LogP contribution in [0.1, 0.15) is 15.9 Å². The Labute approximate surface area is 137 Å². The molecule has 3 aromatic rings. The molecule has 0 radical (unpaired) electrons. The van der Waals surface area contributed by atoms with E-state index in [0.29, 0.717) is 0 Å². The van der Waals surface area contributed by atoms with Gasteiger partial charge in [-0.1, -0.05) is 0 Å². The number of nitrogens with one attached hydrogen (secondary N) is 1. The molecule has 0 bridgehead atoms. The molecule has 0 aliphatic heterocycles. The van der Waals surface area contributed by atoms with E-state index in [4.69, 9.17) is 0 Å². The fraction of sp³-hybridized carbons (Fsp3) is 0.0556. The molecule has 0 fully saturated rings. The van der Waals surface area contributed by atoms with E-state index in [0.717, 1.165) is 29.0 Å². The van der Waals surface area contributed by atoms with Gasteiger partial charge in [-0.15, -0.1) is 0 Å². The molecule has 1 aromatic carbocycles. The summed E-state index contributed by atoms with van der Waals surface area (Å²) in [5.74, 6) is -2.51. The first-order valence-electron chi connectivity index (χ1n) is 7.22. The predicted molar refractivity (Wildman–Crippen MR) is 85.0 cm³/mol. The highest BCUT2D eigenvalue weighted by molar-refractivity contribution is 5.94. The highest BCUT2D eigenvalue weighted by atomic mass is 19.2. The summed E-state index contributed by atoms with van der Waals surface area (Å²) < 4.78 is 26.1. The van der Waals surface area contributed by atoms with Crippen molar-refractivity contribution in [2.24, 2.45) is 0 Å². The van der Waals surface area contributed by atoms with Crippen LogP contribution < -0.4 is 5.32 Å². The smallest absolute Gasteiger partial charge is 0.251 e. The Hall–Kier alpha value is -3.15. The van der Waals surface area contributed by atoms with Crippen molar-refractivity contribution in [3.05, 3.63) is 83.8 Å². The standard InChI is InChI=1S/C18H13F2N3O/c19-15-2-1-14(10-16(15)20)18(24)23-11-12-3-8-22-17(9-12)13-4-6-21-7-5-13/h1-10H,11H2,(H,23,24). The van der Waals surface area contributed by atoms with Gasteiger partial charge in [0.1, 0.15) is 0 Å². The summed E-state index contributed by atoms with van der Waals surface area (Å²) >= 11 is 0. The van der Waals surface area contributed by atoms with Crippen LogP contribution in [0.5, 0.6) is 0 Å². The van der Waals surface area contributed by atoms with Crippen molar-refractivity contribution in [2.75, 3.05) is 0 Å². The molecule has 0 saturated heterocycles. The topological polar surface area (TPSA) is 54.9 Å². The molecule has 2 heterocycles. The number of hydrogen-bond donors (Lipinski definition) is 1. The van der Waals surface area contributed by atoms with Gasteiger partial charge in [0, 0.05) is 36.3 Å². The van der Waals surface area contributed by atoms with Crippen molar-refractivity contribution in [3.63, 3.8) is 0 Å². The monoisotopic (exact) mass is 325 g/mol. The summed E-state index contributed by atoms with van der Waals surface area (Å²) in [5, 5.41) is 2.67. The van der Waals surface area contributed by atoms with Gasteiger partial charge in [0.2, 0.25) is 0 Å². The van der Waals surface area contributed by atoms with E-state index in [-0.39, 0.29) is 12.1 Å². The van der Waals surface area contributed by atoms with Crippen LogP contribution in [0.2, 0.25) is 0 Å². The van der Waals surface area contributed by atoms with E-state index >= 15 is 0 Å². The lowest BCUT2D eigenvalue weighted by Crippen LogP contribution is -2.23. The Morgan fingerprint density at radius 1 is 0.958 bits per heavy atom. The number of carbonyl (C=O) groups is 1. The molecule has 0 atom stereocenters. The summed E-state index contributed by atoms with van der Waals surface area (Å²) in [6.07, 6.45) is 5.00. The van der Waals surface area contributed by atoms with E-state index in [1.807, 2.05) is 18.2 Å². The SMILES string of the molecule is O=C(NCc1ccnc(-c2ccncc2)c1)c1ccc(F)c(F)c1. The molecule has 0 aliphatic rings. The number of nitrogens with zero attached hydrogens (tertiary/aromatic N) is 2. The third-order valence-electron chi connectivity index (χ3n) is 3.44. The Bertz CT molecular complexity index is 869. The number of carbonyl (C=O) groups excluding carboxylic acids is 1. The average Bonchev–Trinajstić information content (AvgIpc) is 2.63. The number of hydrogen-bond acceptors (Lipinski definition) is 3. The van der Waals surface area contributed by atoms with E-state index < -0.39 is 17.5 Å². The maximum absolute atomic E-state index is 13.2. The summed E-state index contributed by atoms with van der Waals surface area (Å²) in [5.41, 5.74) is 2.58. The average molecular weight is 325 g/mol. The number of pyridine rings is 2. The number of benzene rings is 1. The minimum atomic E-state index is -1.05. The second-order valence-corrected chi connectivity index (χ2v) is 5.10. The van der Waals surface area contributed by atoms with E-state index in [1.165, 1.54) is 6.07 Å². The Morgan fingerprint density at radius 3 is 2.50 bits per heavy atom. The minimum absolute atomic E-state index is 0.0670. The zero-order chi connectivity index (χ0) is 16.9. The molecule has 3 rings (SSSR count). The lowest BCUT2D eigenvalue weighted by molar-refractivity contribution is 0.0950. The number of rotatable bonds is 4. The highest BCUT2D eigenvalue weighted by Gasteiger charge is 2.09. The van der Waals surface area contributed by atoms with Crippen LogP contribution in [0, 0.1) is 11.6 Å². The largest absolute Gasteiger partial charge is 0.348 e. The molecule has 1 amide bonds. The zero-order valence-corrected chi connectivity index (χ0v) is 12.5. The van der Waals surface area contributed by atoms with Gasteiger partial charge >= 0.3 is 0 Å². The van der Waals surface area contributed by atoms with Crippen molar-refractivity contribution in [2.45, 2.75) is 6.54 Å². The van der Waals surface area contributed by atoms with Crippen LogP contribution in [0.4, 0.5) is 8.78 Å². The van der Waals surface area contributed by atoms with E-state index in [2.05, 4.69) is 15.3 Å². The number of amides is 1. The second kappa shape index (κ2) is 6.95. The van der Waals surface area contributed by atoms with Gasteiger partial charge in [0.05, 0.1) is 5.69 Å². The fourth-order valence-electron chi connectivity index (χ4n) is 2.19. The Balaban J connectivity index is 1.70. The normalized spacial score (nSPS) is 10.4. The summed E-state index contributed by atoms with van der Waals surface area (Å²) in [6.45, 7) is 0.248. The van der Waals surface area contributed by atoms with Gasteiger partial charge < -0.3 is 5.32 Å². The second-order valence-electron chi connectivity index (χ2n) is 5.10. The Kier molecular flexibility index (Phi) is 4.56. The lowest BCUT2D eigenvalue weighted by Gasteiger charge is -2.07. The third kappa shape index (κ3) is 3.60. The molecule has 4 nitrogen and oxygen atoms in total. The molecular weight excluding hydrogens is 312 g/mol. The van der Waals surface area contributed by atoms with Gasteiger partial charge in [0.25, 0.3) is 5.91 Å². The van der Waals surface area contributed by atoms with Crippen molar-refractivity contribution in [1.82, 2.24) is 15.3 Å². The predicted octanol–water partition coefficient (Wildman–Crippen LogP) is 3.35. The van der Waals surface area contributed by atoms with Crippen molar-refractivity contribution < 1.29 is 13.6 Å². The number of halogens is 2. The molecule has 24 heavy (non-hydrogen) atoms. The molecule has 1 N–H and O–H groups in total. The van der Waals surface area contributed by atoms with Gasteiger partial charge in [0.15, 0.2) is 11.6 Å². The summed E-state index contributed by atoms with van der Waals surface area (Å²) in [6, 6.07) is 10.3. The maximum atomic E-state index is 13.2. The van der Waals surface area contributed by atoms with Crippen LogP contribution >= 0.6 is 0 Å². The van der Waals surface area contributed by atoms with Crippen molar-refractivity contribution in [3.8, 4) is 11.3 Å². The maximum Gasteiger partial charge on any atom is 0.251 e. The quantitative estimate of drug-likeness (QED) is 0.800. The minimum Gasteiger partial charge on any atom is -0.348 e. The first kappa shape index (κ1) is 15.7. The van der Waals surface area contributed by atoms with Crippen LogP contribution in [0.15, 0.2) is 61.1 Å². The lowest BCUT2D eigenvalue weighted by atomic mass is 10.1. The number of aromatic nitrogens is 2. The van der Waals surface area contributed by atoms with E-state index in [1.54, 1.807) is 24.7 Å². The van der Waals surface area contributed by atoms with Gasteiger partial charge in [-0.05, 0) is 48.0 Å². The van der Waals surface area contributed by atoms with Crippen LogP contribution in [0.3, 0.4) is 0 Å². The van der Waals surface area contributed by atoms with Gasteiger partial charge in [-0.3, -0.25) is 14.8 Å². The van der Waals surface area contributed by atoms with Crippen LogP contribution in [0.25, 0.3) is 11.3 Å². The summed E-state index contributed by atoms with van der Waals surface area (Å²) in [7, 11) is 0. The molecule has 0 unspecified atom stereocenters. The highest BCUT2D eigenvalue weighted by Crippen LogP contribution is 2.16. The zero-order valence-electron chi connectivity index (χ0n) is 12.5.